The first-order chi connectivity index (χ1) is 12.1. The van der Waals surface area contributed by atoms with Crippen LogP contribution in [-0.4, -0.2) is 12.0 Å². The Balaban J connectivity index is 1.71. The fourth-order valence-electron chi connectivity index (χ4n) is 3.10. The molecule has 2 aromatic carbocycles. The Morgan fingerprint density at radius 1 is 1.24 bits per heavy atom. The maximum atomic E-state index is 6.62. The van der Waals surface area contributed by atoms with Crippen molar-refractivity contribution in [3.05, 3.63) is 69.7 Å². The second kappa shape index (κ2) is 6.65. The van der Waals surface area contributed by atoms with Crippen molar-refractivity contribution in [2.45, 2.75) is 12.7 Å². The largest absolute Gasteiger partial charge is 0.497 e. The Kier molecular flexibility index (Phi) is 4.50. The molecule has 2 heterocycles. The molecule has 0 spiro atoms. The van der Waals surface area contributed by atoms with Gasteiger partial charge in [0.15, 0.2) is 0 Å². The fraction of sp³-hybridized carbons (Fsp3) is 0.158. The highest BCUT2D eigenvalue weighted by atomic mass is 79.9. The Bertz CT molecular complexity index is 967. The molecule has 1 aliphatic heterocycles. The lowest BCUT2D eigenvalue weighted by molar-refractivity contribution is 0.277. The van der Waals surface area contributed by atoms with Crippen molar-refractivity contribution in [3.8, 4) is 5.75 Å². The normalized spacial score (nSPS) is 16.7. The van der Waals surface area contributed by atoms with Crippen molar-refractivity contribution < 1.29 is 4.74 Å². The van der Waals surface area contributed by atoms with Gasteiger partial charge in [0, 0.05) is 33.4 Å². The molecule has 0 aliphatic carbocycles. The van der Waals surface area contributed by atoms with Crippen LogP contribution < -0.4 is 10.5 Å². The molecule has 1 unspecified atom stereocenters. The number of nitrogens with zero attached hydrogens (tertiary/aromatic N) is 1. The molecule has 1 aliphatic rings. The van der Waals surface area contributed by atoms with E-state index in [9.17, 15) is 0 Å². The zero-order chi connectivity index (χ0) is 17.6. The van der Waals surface area contributed by atoms with Gasteiger partial charge in [-0.05, 0) is 51.8 Å². The number of hydrogen-bond acceptors (Lipinski definition) is 4. The summed E-state index contributed by atoms with van der Waals surface area (Å²) in [4.78, 5) is 3.32. The van der Waals surface area contributed by atoms with E-state index in [0.717, 1.165) is 32.7 Å². The summed E-state index contributed by atoms with van der Waals surface area (Å²) >= 11 is 11.7. The van der Waals surface area contributed by atoms with Gasteiger partial charge >= 0.3 is 0 Å². The fourth-order valence-corrected chi connectivity index (χ4v) is 5.11. The molecule has 0 amide bonds. The van der Waals surface area contributed by atoms with E-state index in [1.54, 1.807) is 18.4 Å². The molecule has 3 nitrogen and oxygen atoms in total. The van der Waals surface area contributed by atoms with Gasteiger partial charge < -0.3 is 15.4 Å². The molecular weight excluding hydrogens is 420 g/mol. The van der Waals surface area contributed by atoms with Crippen LogP contribution in [0.1, 0.15) is 22.2 Å². The minimum absolute atomic E-state index is 0.217. The monoisotopic (exact) mass is 434 g/mol. The van der Waals surface area contributed by atoms with Gasteiger partial charge in [-0.1, -0.05) is 23.7 Å². The molecule has 128 valence electrons. The van der Waals surface area contributed by atoms with Gasteiger partial charge in [0.2, 0.25) is 0 Å². The molecule has 2 N–H and O–H groups in total. The summed E-state index contributed by atoms with van der Waals surface area (Å²) in [5.41, 5.74) is 8.92. The number of nitrogens with two attached hydrogens (primary N) is 1. The zero-order valence-electron chi connectivity index (χ0n) is 13.5. The maximum Gasteiger partial charge on any atom is 0.118 e. The van der Waals surface area contributed by atoms with Crippen LogP contribution in [0.4, 0.5) is 0 Å². The molecular formula is C19H16BrClN2OS. The molecule has 25 heavy (non-hydrogen) atoms. The number of fused-ring (bicyclic) bond motifs is 3. The Labute approximate surface area is 163 Å². The minimum Gasteiger partial charge on any atom is -0.497 e. The third-order valence-electron chi connectivity index (χ3n) is 4.36. The Morgan fingerprint density at radius 2 is 2.00 bits per heavy atom. The van der Waals surface area contributed by atoms with Crippen molar-refractivity contribution in [3.63, 3.8) is 0 Å². The first kappa shape index (κ1) is 16.9. The van der Waals surface area contributed by atoms with Gasteiger partial charge in [0.1, 0.15) is 11.9 Å². The predicted molar refractivity (Wildman–Crippen MR) is 109 cm³/mol. The summed E-state index contributed by atoms with van der Waals surface area (Å²) in [6.45, 7) is 0.720. The van der Waals surface area contributed by atoms with Crippen LogP contribution in [0.2, 0.25) is 5.02 Å². The highest BCUT2D eigenvalue weighted by molar-refractivity contribution is 9.15. The molecule has 0 fully saturated rings. The number of methoxy groups -OCH3 is 1. The van der Waals surface area contributed by atoms with Crippen molar-refractivity contribution in [2.75, 3.05) is 7.11 Å². The van der Waals surface area contributed by atoms with Crippen LogP contribution in [0.5, 0.6) is 5.75 Å². The SMILES string of the molecule is COc1ccc(CN2C=C(Br)c3sc4ccc(Cl)cc4c3C2N)cc1. The molecule has 4 rings (SSSR count). The maximum absolute atomic E-state index is 6.62. The molecule has 1 aromatic heterocycles. The summed E-state index contributed by atoms with van der Waals surface area (Å²) in [6, 6.07) is 14.0. The van der Waals surface area contributed by atoms with E-state index in [4.69, 9.17) is 22.1 Å². The summed E-state index contributed by atoms with van der Waals surface area (Å²) in [7, 11) is 1.67. The molecule has 0 bridgehead atoms. The molecule has 6 heteroatoms. The van der Waals surface area contributed by atoms with E-state index < -0.39 is 0 Å². The number of hydrogen-bond donors (Lipinski definition) is 1. The number of ether oxygens (including phenoxy) is 1. The van der Waals surface area contributed by atoms with Crippen molar-refractivity contribution in [1.82, 2.24) is 4.90 Å². The van der Waals surface area contributed by atoms with Crippen molar-refractivity contribution in [1.29, 1.82) is 0 Å². The Morgan fingerprint density at radius 3 is 2.72 bits per heavy atom. The van der Waals surface area contributed by atoms with Gasteiger partial charge in [-0.3, -0.25) is 0 Å². The smallest absolute Gasteiger partial charge is 0.118 e. The molecule has 0 saturated carbocycles. The van der Waals surface area contributed by atoms with Crippen LogP contribution in [0.15, 0.2) is 48.7 Å². The Hall–Kier alpha value is -1.53. The number of halogens is 2. The van der Waals surface area contributed by atoms with E-state index in [1.807, 2.05) is 24.3 Å². The quantitative estimate of drug-likeness (QED) is 0.571. The van der Waals surface area contributed by atoms with Crippen LogP contribution >= 0.6 is 38.9 Å². The highest BCUT2D eigenvalue weighted by Gasteiger charge is 2.28. The van der Waals surface area contributed by atoms with E-state index in [1.165, 1.54) is 15.1 Å². The number of rotatable bonds is 3. The van der Waals surface area contributed by atoms with Crippen LogP contribution in [0.3, 0.4) is 0 Å². The highest BCUT2D eigenvalue weighted by Crippen LogP contribution is 2.45. The van der Waals surface area contributed by atoms with E-state index in [-0.39, 0.29) is 6.17 Å². The molecule has 0 saturated heterocycles. The minimum atomic E-state index is -0.217. The van der Waals surface area contributed by atoms with Crippen LogP contribution in [-0.2, 0) is 6.54 Å². The van der Waals surface area contributed by atoms with Crippen molar-refractivity contribution in [2.24, 2.45) is 5.73 Å². The second-order valence-electron chi connectivity index (χ2n) is 5.93. The van der Waals surface area contributed by atoms with Gasteiger partial charge in [-0.15, -0.1) is 11.3 Å². The van der Waals surface area contributed by atoms with Crippen molar-refractivity contribution >= 4 is 53.4 Å². The standard InChI is InChI=1S/C19H16BrClN2OS/c1-24-13-5-2-11(3-6-13)9-23-10-15(20)18-17(19(23)22)14-8-12(21)4-7-16(14)25-18/h2-8,10,19H,9,22H2,1H3. The van der Waals surface area contributed by atoms with Gasteiger partial charge in [0.25, 0.3) is 0 Å². The lowest BCUT2D eigenvalue weighted by Crippen LogP contribution is -2.32. The lowest BCUT2D eigenvalue weighted by atomic mass is 10.0. The van der Waals surface area contributed by atoms with Gasteiger partial charge in [-0.25, -0.2) is 0 Å². The lowest BCUT2D eigenvalue weighted by Gasteiger charge is -2.32. The number of thiophene rings is 1. The second-order valence-corrected chi connectivity index (χ2v) is 8.27. The predicted octanol–water partition coefficient (Wildman–Crippen LogP) is 5.73. The third-order valence-corrected chi connectivity index (χ3v) is 6.68. The number of benzene rings is 2. The first-order valence-corrected chi connectivity index (χ1v) is 9.79. The summed E-state index contributed by atoms with van der Waals surface area (Å²) in [5.74, 6) is 0.851. The molecule has 1 atom stereocenters. The first-order valence-electron chi connectivity index (χ1n) is 7.80. The van der Waals surface area contributed by atoms with E-state index >= 15 is 0 Å². The van der Waals surface area contributed by atoms with E-state index in [2.05, 4.69) is 45.2 Å². The molecule has 0 radical (unpaired) electrons. The van der Waals surface area contributed by atoms with E-state index in [0.29, 0.717) is 0 Å². The summed E-state index contributed by atoms with van der Waals surface area (Å²) in [6.07, 6.45) is 1.86. The summed E-state index contributed by atoms with van der Waals surface area (Å²) in [5, 5.41) is 1.86. The third kappa shape index (κ3) is 3.06. The van der Waals surface area contributed by atoms with Crippen LogP contribution in [0, 0.1) is 0 Å². The van der Waals surface area contributed by atoms with Gasteiger partial charge in [0.05, 0.1) is 16.5 Å². The van der Waals surface area contributed by atoms with Crippen LogP contribution in [0.25, 0.3) is 14.6 Å². The zero-order valence-corrected chi connectivity index (χ0v) is 16.7. The summed E-state index contributed by atoms with van der Waals surface area (Å²) < 4.78 is 7.47. The average molecular weight is 436 g/mol. The average Bonchev–Trinajstić information content (AvgIpc) is 2.99. The molecule has 3 aromatic rings. The van der Waals surface area contributed by atoms with Gasteiger partial charge in [-0.2, -0.15) is 0 Å². The topological polar surface area (TPSA) is 38.5 Å².